The monoisotopic (exact) mass is 255 g/mol. The lowest BCUT2D eigenvalue weighted by atomic mass is 10.0. The van der Waals surface area contributed by atoms with Crippen molar-refractivity contribution in [3.8, 4) is 0 Å². The zero-order valence-electron chi connectivity index (χ0n) is 12.0. The molecule has 2 saturated heterocycles. The van der Waals surface area contributed by atoms with Crippen LogP contribution in [0.4, 0.5) is 0 Å². The van der Waals surface area contributed by atoms with Gasteiger partial charge in [-0.25, -0.2) is 0 Å². The first kappa shape index (κ1) is 14.3. The Kier molecular flexibility index (Phi) is 5.89. The van der Waals surface area contributed by atoms with Crippen LogP contribution >= 0.6 is 0 Å². The van der Waals surface area contributed by atoms with Crippen molar-refractivity contribution in [1.29, 1.82) is 0 Å². The third-order valence-electron chi connectivity index (χ3n) is 4.29. The van der Waals surface area contributed by atoms with E-state index in [4.69, 9.17) is 4.74 Å². The minimum atomic E-state index is 0.688. The van der Waals surface area contributed by atoms with E-state index in [0.717, 1.165) is 25.8 Å². The molecule has 4 nitrogen and oxygen atoms in total. The number of piperidine rings is 1. The Morgan fingerprint density at radius 1 is 1.22 bits per heavy atom. The van der Waals surface area contributed by atoms with Gasteiger partial charge in [0.15, 0.2) is 0 Å². The molecule has 2 fully saturated rings. The zero-order valence-corrected chi connectivity index (χ0v) is 12.0. The van der Waals surface area contributed by atoms with E-state index in [1.807, 2.05) is 0 Å². The van der Waals surface area contributed by atoms with Crippen molar-refractivity contribution in [2.75, 3.05) is 53.5 Å². The normalized spacial score (nSPS) is 27.8. The Hall–Kier alpha value is -0.160. The maximum absolute atomic E-state index is 5.38. The Labute approximate surface area is 112 Å². The summed E-state index contributed by atoms with van der Waals surface area (Å²) in [7, 11) is 4.41. The van der Waals surface area contributed by atoms with Crippen molar-refractivity contribution in [2.45, 2.75) is 37.8 Å². The largest absolute Gasteiger partial charge is 0.381 e. The molecule has 4 heteroatoms. The fourth-order valence-electron chi connectivity index (χ4n) is 2.98. The predicted octanol–water partition coefficient (Wildman–Crippen LogP) is 0.781. The van der Waals surface area contributed by atoms with E-state index >= 15 is 0 Å². The SMILES string of the molecule is CN(C)C1CCCN(CCNC2CCOCC2)C1. The lowest BCUT2D eigenvalue weighted by molar-refractivity contribution is 0.0758. The van der Waals surface area contributed by atoms with Crippen molar-refractivity contribution in [3.63, 3.8) is 0 Å². The molecule has 1 atom stereocenters. The van der Waals surface area contributed by atoms with Gasteiger partial charge in [-0.3, -0.25) is 0 Å². The minimum Gasteiger partial charge on any atom is -0.381 e. The lowest BCUT2D eigenvalue weighted by Gasteiger charge is -2.36. The van der Waals surface area contributed by atoms with E-state index in [0.29, 0.717) is 6.04 Å². The molecule has 0 aliphatic carbocycles. The first-order valence-corrected chi connectivity index (χ1v) is 7.45. The van der Waals surface area contributed by atoms with Gasteiger partial charge in [0.1, 0.15) is 0 Å². The van der Waals surface area contributed by atoms with Crippen LogP contribution in [0, 0.1) is 0 Å². The van der Waals surface area contributed by atoms with Crippen LogP contribution in [0.15, 0.2) is 0 Å². The van der Waals surface area contributed by atoms with Gasteiger partial charge in [-0.05, 0) is 46.3 Å². The second kappa shape index (κ2) is 7.43. The van der Waals surface area contributed by atoms with Crippen LogP contribution in [-0.4, -0.2) is 75.4 Å². The summed E-state index contributed by atoms with van der Waals surface area (Å²) in [5, 5.41) is 3.68. The Morgan fingerprint density at radius 2 is 2.00 bits per heavy atom. The van der Waals surface area contributed by atoms with Gasteiger partial charge in [-0.2, -0.15) is 0 Å². The second-order valence-corrected chi connectivity index (χ2v) is 5.90. The second-order valence-electron chi connectivity index (χ2n) is 5.90. The van der Waals surface area contributed by atoms with Crippen molar-refractivity contribution < 1.29 is 4.74 Å². The predicted molar refractivity (Wildman–Crippen MR) is 75.0 cm³/mol. The molecule has 2 heterocycles. The summed E-state index contributed by atoms with van der Waals surface area (Å²) in [6.07, 6.45) is 5.07. The summed E-state index contributed by atoms with van der Waals surface area (Å²) < 4.78 is 5.38. The summed E-state index contributed by atoms with van der Waals surface area (Å²) in [5.74, 6) is 0. The summed E-state index contributed by atoms with van der Waals surface area (Å²) in [5.41, 5.74) is 0. The van der Waals surface area contributed by atoms with Gasteiger partial charge < -0.3 is 19.9 Å². The fraction of sp³-hybridized carbons (Fsp3) is 1.00. The maximum Gasteiger partial charge on any atom is 0.0480 e. The highest BCUT2D eigenvalue weighted by atomic mass is 16.5. The number of likely N-dealkylation sites (N-methyl/N-ethyl adjacent to an activating group) is 1. The molecule has 0 aromatic rings. The van der Waals surface area contributed by atoms with Crippen molar-refractivity contribution in [2.24, 2.45) is 0 Å². The molecule has 2 aliphatic heterocycles. The molecule has 2 rings (SSSR count). The van der Waals surface area contributed by atoms with E-state index < -0.39 is 0 Å². The number of ether oxygens (including phenoxy) is 1. The highest BCUT2D eigenvalue weighted by molar-refractivity contribution is 4.79. The molecule has 106 valence electrons. The third kappa shape index (κ3) is 4.50. The Bertz CT molecular complexity index is 229. The molecule has 0 aromatic heterocycles. The van der Waals surface area contributed by atoms with Crippen LogP contribution < -0.4 is 5.32 Å². The molecule has 0 bridgehead atoms. The molecular weight excluding hydrogens is 226 g/mol. The Balaban J connectivity index is 1.60. The molecule has 1 unspecified atom stereocenters. The number of hydrogen-bond acceptors (Lipinski definition) is 4. The van der Waals surface area contributed by atoms with Gasteiger partial charge in [-0.1, -0.05) is 0 Å². The van der Waals surface area contributed by atoms with Crippen molar-refractivity contribution >= 4 is 0 Å². The molecule has 0 radical (unpaired) electrons. The van der Waals surface area contributed by atoms with E-state index in [1.54, 1.807) is 0 Å². The van der Waals surface area contributed by atoms with Crippen LogP contribution in [0.1, 0.15) is 25.7 Å². The summed E-state index contributed by atoms with van der Waals surface area (Å²) in [4.78, 5) is 4.98. The molecule has 0 aromatic carbocycles. The third-order valence-corrected chi connectivity index (χ3v) is 4.29. The Morgan fingerprint density at radius 3 is 2.72 bits per heavy atom. The van der Waals surface area contributed by atoms with E-state index in [-0.39, 0.29) is 0 Å². The molecule has 0 spiro atoms. The van der Waals surface area contributed by atoms with Crippen LogP contribution in [0.5, 0.6) is 0 Å². The number of nitrogens with zero attached hydrogens (tertiary/aromatic N) is 2. The molecule has 2 aliphatic rings. The zero-order chi connectivity index (χ0) is 12.8. The number of hydrogen-bond donors (Lipinski definition) is 1. The van der Waals surface area contributed by atoms with Crippen LogP contribution in [-0.2, 0) is 4.74 Å². The number of likely N-dealkylation sites (tertiary alicyclic amines) is 1. The summed E-state index contributed by atoms with van der Waals surface area (Å²) >= 11 is 0. The average Bonchev–Trinajstić information content (AvgIpc) is 2.40. The first-order chi connectivity index (χ1) is 8.75. The van der Waals surface area contributed by atoms with E-state index in [1.165, 1.54) is 45.3 Å². The van der Waals surface area contributed by atoms with Gasteiger partial charge in [0.05, 0.1) is 0 Å². The molecule has 18 heavy (non-hydrogen) atoms. The van der Waals surface area contributed by atoms with Gasteiger partial charge in [-0.15, -0.1) is 0 Å². The van der Waals surface area contributed by atoms with Crippen LogP contribution in [0.25, 0.3) is 0 Å². The lowest BCUT2D eigenvalue weighted by Crippen LogP contribution is -2.48. The molecule has 0 saturated carbocycles. The van der Waals surface area contributed by atoms with E-state index in [9.17, 15) is 0 Å². The smallest absolute Gasteiger partial charge is 0.0480 e. The molecule has 0 amide bonds. The maximum atomic E-state index is 5.38. The van der Waals surface area contributed by atoms with Crippen LogP contribution in [0.3, 0.4) is 0 Å². The van der Waals surface area contributed by atoms with Gasteiger partial charge in [0, 0.05) is 44.9 Å². The quantitative estimate of drug-likeness (QED) is 0.786. The molecule has 1 N–H and O–H groups in total. The minimum absolute atomic E-state index is 0.688. The topological polar surface area (TPSA) is 27.7 Å². The number of nitrogens with one attached hydrogen (secondary N) is 1. The van der Waals surface area contributed by atoms with Crippen molar-refractivity contribution in [1.82, 2.24) is 15.1 Å². The van der Waals surface area contributed by atoms with Crippen molar-refractivity contribution in [3.05, 3.63) is 0 Å². The summed E-state index contributed by atoms with van der Waals surface area (Å²) in [6, 6.07) is 1.44. The number of rotatable bonds is 5. The highest BCUT2D eigenvalue weighted by Crippen LogP contribution is 2.13. The molecular formula is C14H29N3O. The fourth-order valence-corrected chi connectivity index (χ4v) is 2.98. The first-order valence-electron chi connectivity index (χ1n) is 7.45. The average molecular weight is 255 g/mol. The highest BCUT2D eigenvalue weighted by Gasteiger charge is 2.21. The van der Waals surface area contributed by atoms with Gasteiger partial charge in [0.2, 0.25) is 0 Å². The van der Waals surface area contributed by atoms with Gasteiger partial charge >= 0.3 is 0 Å². The standard InChI is InChI=1S/C14H29N3O/c1-16(2)14-4-3-8-17(12-14)9-7-15-13-5-10-18-11-6-13/h13-15H,3-12H2,1-2H3. The van der Waals surface area contributed by atoms with Crippen LogP contribution in [0.2, 0.25) is 0 Å². The summed E-state index contributed by atoms with van der Waals surface area (Å²) in [6.45, 7) is 6.71. The van der Waals surface area contributed by atoms with E-state index in [2.05, 4.69) is 29.2 Å². The van der Waals surface area contributed by atoms with Gasteiger partial charge in [0.25, 0.3) is 0 Å².